The number of benzene rings is 2. The van der Waals surface area contributed by atoms with Crippen LogP contribution >= 0.6 is 8.58 Å². The van der Waals surface area contributed by atoms with E-state index in [1.807, 2.05) is 0 Å². The van der Waals surface area contributed by atoms with Crippen molar-refractivity contribution in [1.82, 2.24) is 0 Å². The zero-order valence-electron chi connectivity index (χ0n) is 8.66. The van der Waals surface area contributed by atoms with Gasteiger partial charge in [0.15, 0.2) is 0 Å². The number of rotatable bonds is 2. The van der Waals surface area contributed by atoms with Crippen LogP contribution in [0.25, 0.3) is 0 Å². The topological polar surface area (TPSA) is 0 Å². The maximum Gasteiger partial charge on any atom is 2.00 e. The van der Waals surface area contributed by atoms with Gasteiger partial charge in [-0.3, -0.25) is 0 Å². The van der Waals surface area contributed by atoms with Crippen LogP contribution in [0.5, 0.6) is 0 Å². The van der Waals surface area contributed by atoms with Gasteiger partial charge in [0.2, 0.25) is 0 Å². The van der Waals surface area contributed by atoms with Crippen LogP contribution in [0.4, 0.5) is 0 Å². The first kappa shape index (κ1) is 22.9. The SMILES string of the molecule is [Cl-].[Cl-].[Pd+2].[Pd+2].c1ccc(Pc2ccccc2)cc1. The maximum atomic E-state index is 2.17. The molecule has 0 unspecified atom stereocenters. The van der Waals surface area contributed by atoms with Crippen LogP contribution in [-0.2, 0) is 40.8 Å². The molecule has 5 heteroatoms. The third kappa shape index (κ3) is 8.48. The molecule has 0 bridgehead atoms. The Morgan fingerprint density at radius 1 is 0.529 bits per heavy atom. The van der Waals surface area contributed by atoms with E-state index in [2.05, 4.69) is 60.7 Å². The minimum absolute atomic E-state index is 0. The summed E-state index contributed by atoms with van der Waals surface area (Å²) < 4.78 is 0. The van der Waals surface area contributed by atoms with E-state index in [1.54, 1.807) is 0 Å². The summed E-state index contributed by atoms with van der Waals surface area (Å²) in [6.07, 6.45) is 0. The van der Waals surface area contributed by atoms with Gasteiger partial charge in [-0.05, 0) is 10.6 Å². The van der Waals surface area contributed by atoms with Crippen molar-refractivity contribution < 1.29 is 65.7 Å². The summed E-state index contributed by atoms with van der Waals surface area (Å²) in [4.78, 5) is 0. The number of hydrogen-bond donors (Lipinski definition) is 0. The number of halogens is 2. The van der Waals surface area contributed by atoms with E-state index >= 15 is 0 Å². The average molecular weight is 470 g/mol. The molecule has 17 heavy (non-hydrogen) atoms. The molecule has 0 nitrogen and oxygen atoms in total. The quantitative estimate of drug-likeness (QED) is 0.314. The van der Waals surface area contributed by atoms with E-state index < -0.39 is 0 Å². The van der Waals surface area contributed by atoms with E-state index in [1.165, 1.54) is 10.6 Å². The minimum Gasteiger partial charge on any atom is -1.00 e. The fraction of sp³-hybridized carbons (Fsp3) is 0. The Labute approximate surface area is 144 Å². The Balaban J connectivity index is -0.000000490. The zero-order valence-corrected chi connectivity index (χ0v) is 14.3. The van der Waals surface area contributed by atoms with E-state index in [0.29, 0.717) is 0 Å². The van der Waals surface area contributed by atoms with Gasteiger partial charge in [0.25, 0.3) is 0 Å². The average Bonchev–Trinajstić information content (AvgIpc) is 2.21. The van der Waals surface area contributed by atoms with Crippen LogP contribution in [0.15, 0.2) is 60.7 Å². The normalized spacial score (nSPS) is 7.53. The molecule has 0 aromatic heterocycles. The van der Waals surface area contributed by atoms with Gasteiger partial charge < -0.3 is 24.8 Å². The molecule has 0 spiro atoms. The molecule has 0 N–H and O–H groups in total. The molecule has 2 rings (SSSR count). The molecule has 0 radical (unpaired) electrons. The summed E-state index contributed by atoms with van der Waals surface area (Å²) >= 11 is 0. The van der Waals surface area contributed by atoms with Gasteiger partial charge in [-0.2, -0.15) is 0 Å². The first-order valence-electron chi connectivity index (χ1n) is 4.32. The molecule has 0 aliphatic rings. The van der Waals surface area contributed by atoms with Gasteiger partial charge in [-0.25, -0.2) is 0 Å². The van der Waals surface area contributed by atoms with Crippen molar-refractivity contribution in [3.8, 4) is 0 Å². The molecule has 0 saturated heterocycles. The first-order valence-corrected chi connectivity index (χ1v) is 5.32. The molecule has 96 valence electrons. The first-order chi connectivity index (χ1) is 6.45. The Morgan fingerprint density at radius 2 is 0.824 bits per heavy atom. The van der Waals surface area contributed by atoms with Crippen LogP contribution < -0.4 is 35.4 Å². The van der Waals surface area contributed by atoms with Crippen molar-refractivity contribution in [1.29, 1.82) is 0 Å². The molecule has 2 aromatic rings. The van der Waals surface area contributed by atoms with Crippen LogP contribution in [0, 0.1) is 0 Å². The smallest absolute Gasteiger partial charge is 1.00 e. The summed E-state index contributed by atoms with van der Waals surface area (Å²) in [6.45, 7) is 0. The van der Waals surface area contributed by atoms with Gasteiger partial charge in [0, 0.05) is 0 Å². The van der Waals surface area contributed by atoms with Crippen molar-refractivity contribution >= 4 is 19.2 Å². The molecule has 0 aliphatic heterocycles. The fourth-order valence-corrected chi connectivity index (χ4v) is 2.26. The van der Waals surface area contributed by atoms with Crippen molar-refractivity contribution in [3.05, 3.63) is 60.7 Å². The van der Waals surface area contributed by atoms with E-state index in [4.69, 9.17) is 0 Å². The molecule has 0 fully saturated rings. The van der Waals surface area contributed by atoms with Gasteiger partial charge in [0.05, 0.1) is 0 Å². The van der Waals surface area contributed by atoms with Crippen LogP contribution in [0.3, 0.4) is 0 Å². The van der Waals surface area contributed by atoms with Crippen molar-refractivity contribution in [2.24, 2.45) is 0 Å². The van der Waals surface area contributed by atoms with E-state index in [-0.39, 0.29) is 65.7 Å². The number of hydrogen-bond acceptors (Lipinski definition) is 0. The Kier molecular flexibility index (Phi) is 17.8. The maximum absolute atomic E-state index is 2.17. The Bertz CT molecular complexity index is 333. The molecular formula is C12H11Cl2PPd2+2. The summed E-state index contributed by atoms with van der Waals surface area (Å²) in [5.74, 6) is 0. The standard InChI is InChI=1S/C12H11P.2ClH.2Pd/c1-3-7-11(8-4-1)13-12-9-5-2-6-10-12;;;;/h1-10,13H;2*1H;;/q;;;2*+2/p-2. The zero-order chi connectivity index (χ0) is 8.93. The molecule has 0 saturated carbocycles. The second-order valence-electron chi connectivity index (χ2n) is 2.86. The molecule has 0 heterocycles. The summed E-state index contributed by atoms with van der Waals surface area (Å²) in [5.41, 5.74) is 0. The van der Waals surface area contributed by atoms with E-state index in [9.17, 15) is 0 Å². The monoisotopic (exact) mass is 468 g/mol. The molecule has 2 aromatic carbocycles. The van der Waals surface area contributed by atoms with Crippen molar-refractivity contribution in [2.75, 3.05) is 0 Å². The Hall–Kier alpha value is 0.775. The summed E-state index contributed by atoms with van der Waals surface area (Å²) in [5, 5.41) is 2.79. The molecule has 0 aliphatic carbocycles. The third-order valence-corrected chi connectivity index (χ3v) is 3.08. The van der Waals surface area contributed by atoms with Crippen LogP contribution in [0.2, 0.25) is 0 Å². The molecule has 0 amide bonds. The predicted octanol–water partition coefficient (Wildman–Crippen LogP) is -3.68. The van der Waals surface area contributed by atoms with Gasteiger partial charge in [-0.15, -0.1) is 0 Å². The summed E-state index contributed by atoms with van der Waals surface area (Å²) in [7, 11) is 0.777. The molecule has 0 atom stereocenters. The van der Waals surface area contributed by atoms with Crippen LogP contribution in [0.1, 0.15) is 0 Å². The third-order valence-electron chi connectivity index (χ3n) is 1.84. The Morgan fingerprint density at radius 3 is 1.12 bits per heavy atom. The fourth-order valence-electron chi connectivity index (χ4n) is 1.21. The predicted molar refractivity (Wildman–Crippen MR) is 60.5 cm³/mol. The minimum atomic E-state index is 0. The van der Waals surface area contributed by atoms with Gasteiger partial charge >= 0.3 is 40.8 Å². The van der Waals surface area contributed by atoms with Crippen molar-refractivity contribution in [3.63, 3.8) is 0 Å². The second kappa shape index (κ2) is 13.2. The van der Waals surface area contributed by atoms with Gasteiger partial charge in [0.1, 0.15) is 0 Å². The largest absolute Gasteiger partial charge is 2.00 e. The molecular weight excluding hydrogens is 459 g/mol. The van der Waals surface area contributed by atoms with Crippen molar-refractivity contribution in [2.45, 2.75) is 0 Å². The van der Waals surface area contributed by atoms with Crippen LogP contribution in [-0.4, -0.2) is 0 Å². The second-order valence-corrected chi connectivity index (χ2v) is 4.26. The summed E-state index contributed by atoms with van der Waals surface area (Å²) in [6, 6.07) is 21.2. The van der Waals surface area contributed by atoms with E-state index in [0.717, 1.165) is 8.58 Å². The van der Waals surface area contributed by atoms with Gasteiger partial charge in [-0.1, -0.05) is 69.2 Å².